The second kappa shape index (κ2) is 7.00. The van der Waals surface area contributed by atoms with E-state index in [4.69, 9.17) is 0 Å². The fourth-order valence-electron chi connectivity index (χ4n) is 1.72. The molecule has 0 spiro atoms. The summed E-state index contributed by atoms with van der Waals surface area (Å²) in [6, 6.07) is 6.22. The highest BCUT2D eigenvalue weighted by molar-refractivity contribution is 8.14. The maximum Gasteiger partial charge on any atom is 0.283 e. The number of carbonyl (C=O) groups excluding carboxylic acids is 2. The van der Waals surface area contributed by atoms with Crippen molar-refractivity contribution in [3.8, 4) is 0 Å². The van der Waals surface area contributed by atoms with Gasteiger partial charge in [-0.2, -0.15) is 12.8 Å². The molecule has 7 heteroatoms. The first kappa shape index (κ1) is 17.6. The van der Waals surface area contributed by atoms with Gasteiger partial charge in [0.05, 0.1) is 4.90 Å². The van der Waals surface area contributed by atoms with Crippen molar-refractivity contribution in [2.24, 2.45) is 10.3 Å². The summed E-state index contributed by atoms with van der Waals surface area (Å²) < 4.78 is 28.2. The highest BCUT2D eigenvalue weighted by Crippen LogP contribution is 2.19. The molecule has 0 fully saturated rings. The lowest BCUT2D eigenvalue weighted by atomic mass is 10.0. The van der Waals surface area contributed by atoms with Gasteiger partial charge in [-0.25, -0.2) is 0 Å². The van der Waals surface area contributed by atoms with Crippen LogP contribution in [-0.4, -0.2) is 31.3 Å². The van der Waals surface area contributed by atoms with Crippen molar-refractivity contribution < 1.29 is 18.0 Å². The van der Waals surface area contributed by atoms with Crippen molar-refractivity contribution in [1.82, 2.24) is 0 Å². The van der Waals surface area contributed by atoms with Crippen LogP contribution in [0.3, 0.4) is 0 Å². The van der Waals surface area contributed by atoms with Crippen LogP contribution in [0.25, 0.3) is 0 Å². The Morgan fingerprint density at radius 1 is 1.10 bits per heavy atom. The van der Waals surface area contributed by atoms with Gasteiger partial charge >= 0.3 is 0 Å². The summed E-state index contributed by atoms with van der Waals surface area (Å²) in [5, 5.41) is -0.00410. The van der Waals surface area contributed by atoms with Gasteiger partial charge in [-0.05, 0) is 39.2 Å². The minimum atomic E-state index is -3.94. The summed E-state index contributed by atoms with van der Waals surface area (Å²) in [4.78, 5) is 23.1. The molecule has 0 aromatic heterocycles. The smallest absolute Gasteiger partial charge is 0.283 e. The third kappa shape index (κ3) is 4.50. The maximum atomic E-state index is 12.2. The lowest BCUT2D eigenvalue weighted by molar-refractivity contribution is -0.127. The largest absolute Gasteiger partial charge is 0.299 e. The molecule has 0 unspecified atom stereocenters. The molecule has 0 amide bonds. The standard InChI is InChI=1S/C14H17NO4S2/c1-9-5-7-12(8-6-9)21(18,19)15-14(20-4)13(10(2)16)11(3)17/h5-8,13H,1-4H3/b15-14+. The number of hydrogen-bond acceptors (Lipinski definition) is 5. The van der Waals surface area contributed by atoms with Gasteiger partial charge in [0.2, 0.25) is 0 Å². The summed E-state index contributed by atoms with van der Waals surface area (Å²) in [7, 11) is -3.94. The molecule has 21 heavy (non-hydrogen) atoms. The second-order valence-corrected chi connectivity index (χ2v) is 7.01. The van der Waals surface area contributed by atoms with Crippen LogP contribution in [0.4, 0.5) is 0 Å². The molecule has 0 bridgehead atoms. The second-order valence-electron chi connectivity index (χ2n) is 4.58. The molecule has 0 saturated carbocycles. The summed E-state index contributed by atoms with van der Waals surface area (Å²) in [5.74, 6) is -1.97. The highest BCUT2D eigenvalue weighted by Gasteiger charge is 2.27. The molecule has 0 radical (unpaired) electrons. The van der Waals surface area contributed by atoms with Crippen molar-refractivity contribution in [3.63, 3.8) is 0 Å². The number of thioether (sulfide) groups is 1. The number of benzene rings is 1. The molecule has 1 aromatic carbocycles. The Labute approximate surface area is 128 Å². The fourth-order valence-corrected chi connectivity index (χ4v) is 3.81. The lowest BCUT2D eigenvalue weighted by Crippen LogP contribution is -2.27. The van der Waals surface area contributed by atoms with Crippen LogP contribution in [-0.2, 0) is 19.6 Å². The van der Waals surface area contributed by atoms with Crippen molar-refractivity contribution in [3.05, 3.63) is 29.8 Å². The zero-order valence-electron chi connectivity index (χ0n) is 12.3. The summed E-state index contributed by atoms with van der Waals surface area (Å²) >= 11 is 0.989. The van der Waals surface area contributed by atoms with Crippen LogP contribution in [0.5, 0.6) is 0 Å². The lowest BCUT2D eigenvalue weighted by Gasteiger charge is -2.11. The molecule has 0 N–H and O–H groups in total. The minimum absolute atomic E-state index is 0.00410. The first-order chi connectivity index (χ1) is 9.69. The van der Waals surface area contributed by atoms with E-state index in [1.807, 2.05) is 6.92 Å². The van der Waals surface area contributed by atoms with E-state index in [0.717, 1.165) is 17.3 Å². The molecule has 1 rings (SSSR count). The Balaban J connectivity index is 3.31. The molecular formula is C14H17NO4S2. The number of nitrogens with zero attached hydrogens (tertiary/aromatic N) is 1. The van der Waals surface area contributed by atoms with Crippen LogP contribution < -0.4 is 0 Å². The van der Waals surface area contributed by atoms with E-state index >= 15 is 0 Å². The average Bonchev–Trinajstić information content (AvgIpc) is 2.37. The third-order valence-corrected chi connectivity index (χ3v) is 4.96. The minimum Gasteiger partial charge on any atom is -0.299 e. The van der Waals surface area contributed by atoms with Gasteiger partial charge in [0.25, 0.3) is 10.0 Å². The number of ketones is 2. The topological polar surface area (TPSA) is 80.6 Å². The molecule has 0 atom stereocenters. The Hall–Kier alpha value is -1.47. The van der Waals surface area contributed by atoms with E-state index in [2.05, 4.69) is 4.40 Å². The van der Waals surface area contributed by atoms with Crippen LogP contribution >= 0.6 is 11.8 Å². The number of carbonyl (C=O) groups is 2. The van der Waals surface area contributed by atoms with Crippen molar-refractivity contribution in [2.75, 3.05) is 6.26 Å². The number of rotatable bonds is 5. The normalized spacial score (nSPS) is 12.5. The number of hydrogen-bond donors (Lipinski definition) is 0. The molecule has 0 heterocycles. The monoisotopic (exact) mass is 327 g/mol. The number of aryl methyl sites for hydroxylation is 1. The molecule has 5 nitrogen and oxygen atoms in total. The predicted molar refractivity (Wildman–Crippen MR) is 84.2 cm³/mol. The van der Waals surface area contributed by atoms with E-state index in [1.54, 1.807) is 18.4 Å². The summed E-state index contributed by atoms with van der Waals surface area (Å²) in [6.07, 6.45) is 1.59. The molecule has 0 aliphatic carbocycles. The molecule has 0 aliphatic heterocycles. The van der Waals surface area contributed by atoms with Gasteiger partial charge in [0.15, 0.2) is 0 Å². The zero-order valence-corrected chi connectivity index (χ0v) is 13.9. The van der Waals surface area contributed by atoms with E-state index < -0.39 is 27.5 Å². The first-order valence-corrected chi connectivity index (χ1v) is 8.82. The Morgan fingerprint density at radius 3 is 1.95 bits per heavy atom. The van der Waals surface area contributed by atoms with Crippen LogP contribution in [0, 0.1) is 12.8 Å². The van der Waals surface area contributed by atoms with E-state index in [-0.39, 0.29) is 9.94 Å². The summed E-state index contributed by atoms with van der Waals surface area (Å²) in [6.45, 7) is 4.33. The van der Waals surface area contributed by atoms with Gasteiger partial charge < -0.3 is 0 Å². The van der Waals surface area contributed by atoms with Crippen molar-refractivity contribution >= 4 is 38.4 Å². The Morgan fingerprint density at radius 2 is 1.57 bits per heavy atom. The molecular weight excluding hydrogens is 310 g/mol. The van der Waals surface area contributed by atoms with Crippen molar-refractivity contribution in [2.45, 2.75) is 25.7 Å². The molecule has 0 saturated heterocycles. The van der Waals surface area contributed by atoms with Gasteiger partial charge in [0.1, 0.15) is 22.5 Å². The van der Waals surface area contributed by atoms with E-state index in [1.165, 1.54) is 26.0 Å². The molecule has 0 aliphatic rings. The SMILES string of the molecule is CS/C(=N/S(=O)(=O)c1ccc(C)cc1)C(C(C)=O)C(C)=O. The van der Waals surface area contributed by atoms with Crippen LogP contribution in [0.1, 0.15) is 19.4 Å². The van der Waals surface area contributed by atoms with E-state index in [0.29, 0.717) is 0 Å². The van der Waals surface area contributed by atoms with Crippen LogP contribution in [0.2, 0.25) is 0 Å². The van der Waals surface area contributed by atoms with Gasteiger partial charge in [0, 0.05) is 0 Å². The van der Waals surface area contributed by atoms with Crippen LogP contribution in [0.15, 0.2) is 33.6 Å². The molecule has 114 valence electrons. The molecule has 1 aromatic rings. The quantitative estimate of drug-likeness (QED) is 0.471. The van der Waals surface area contributed by atoms with E-state index in [9.17, 15) is 18.0 Å². The Kier molecular flexibility index (Phi) is 5.86. The van der Waals surface area contributed by atoms with Gasteiger partial charge in [-0.15, -0.1) is 11.8 Å². The number of Topliss-reactive ketones (excluding diaryl/α,β-unsaturated/α-hetero) is 2. The van der Waals surface area contributed by atoms with Gasteiger partial charge in [-0.3, -0.25) is 9.59 Å². The third-order valence-electron chi connectivity index (χ3n) is 2.80. The zero-order chi connectivity index (χ0) is 16.2. The first-order valence-electron chi connectivity index (χ1n) is 6.15. The van der Waals surface area contributed by atoms with Gasteiger partial charge in [-0.1, -0.05) is 17.7 Å². The van der Waals surface area contributed by atoms with Crippen molar-refractivity contribution in [1.29, 1.82) is 0 Å². The fraction of sp³-hybridized carbons (Fsp3) is 0.357. The highest BCUT2D eigenvalue weighted by atomic mass is 32.2. The number of sulfonamides is 1. The predicted octanol–water partition coefficient (Wildman–Crippen LogP) is 2.24. The maximum absolute atomic E-state index is 12.2. The average molecular weight is 327 g/mol. The Bertz CT molecular complexity index is 661. The summed E-state index contributed by atoms with van der Waals surface area (Å²) in [5.41, 5.74) is 0.924.